The van der Waals surface area contributed by atoms with Crippen LogP contribution in [-0.2, 0) is 11.3 Å². The lowest BCUT2D eigenvalue weighted by Gasteiger charge is -2.26. The van der Waals surface area contributed by atoms with E-state index in [0.29, 0.717) is 11.6 Å². The number of morpholine rings is 1. The van der Waals surface area contributed by atoms with Crippen LogP contribution in [0.1, 0.15) is 12.5 Å². The number of ether oxygens (including phenoxy) is 2. The van der Waals surface area contributed by atoms with Crippen LogP contribution in [0.15, 0.2) is 18.2 Å². The fourth-order valence-electron chi connectivity index (χ4n) is 1.93. The van der Waals surface area contributed by atoms with Gasteiger partial charge in [-0.1, -0.05) is 17.7 Å². The van der Waals surface area contributed by atoms with Crippen LogP contribution in [-0.4, -0.2) is 37.8 Å². The van der Waals surface area contributed by atoms with E-state index in [0.717, 1.165) is 38.6 Å². The predicted octanol–water partition coefficient (Wildman–Crippen LogP) is 2.57. The minimum atomic E-state index is 0.641. The van der Waals surface area contributed by atoms with Crippen LogP contribution in [0, 0.1) is 0 Å². The smallest absolute Gasteiger partial charge is 0.137 e. The quantitative estimate of drug-likeness (QED) is 0.826. The molecule has 1 aliphatic heterocycles. The summed E-state index contributed by atoms with van der Waals surface area (Å²) in [5, 5.41) is 0.692. The van der Waals surface area contributed by atoms with E-state index < -0.39 is 0 Å². The summed E-state index contributed by atoms with van der Waals surface area (Å²) in [7, 11) is 0. The molecule has 1 saturated heterocycles. The molecule has 0 aromatic heterocycles. The Balaban J connectivity index is 1.98. The van der Waals surface area contributed by atoms with Crippen LogP contribution in [0.4, 0.5) is 0 Å². The van der Waals surface area contributed by atoms with Crippen LogP contribution in [0.3, 0.4) is 0 Å². The van der Waals surface area contributed by atoms with Gasteiger partial charge >= 0.3 is 0 Å². The maximum atomic E-state index is 6.16. The second-order valence-corrected chi connectivity index (χ2v) is 4.49. The topological polar surface area (TPSA) is 21.7 Å². The van der Waals surface area contributed by atoms with Gasteiger partial charge in [-0.25, -0.2) is 0 Å². The summed E-state index contributed by atoms with van der Waals surface area (Å²) in [5.74, 6) is 0.764. The van der Waals surface area contributed by atoms with Gasteiger partial charge in [-0.15, -0.1) is 0 Å². The van der Waals surface area contributed by atoms with Crippen molar-refractivity contribution in [3.8, 4) is 5.75 Å². The summed E-state index contributed by atoms with van der Waals surface area (Å²) in [6.07, 6.45) is 0. The van der Waals surface area contributed by atoms with Gasteiger partial charge in [-0.05, 0) is 24.6 Å². The van der Waals surface area contributed by atoms with Crippen molar-refractivity contribution in [1.29, 1.82) is 0 Å². The number of hydrogen-bond acceptors (Lipinski definition) is 3. The van der Waals surface area contributed by atoms with E-state index in [2.05, 4.69) is 11.0 Å². The van der Waals surface area contributed by atoms with Gasteiger partial charge in [-0.2, -0.15) is 0 Å². The van der Waals surface area contributed by atoms with Gasteiger partial charge in [0.05, 0.1) is 24.8 Å². The molecule has 4 heteroatoms. The highest BCUT2D eigenvalue weighted by atomic mass is 35.5. The van der Waals surface area contributed by atoms with E-state index in [-0.39, 0.29) is 0 Å². The Kier molecular flexibility index (Phi) is 4.66. The lowest BCUT2D eigenvalue weighted by molar-refractivity contribution is 0.0342. The van der Waals surface area contributed by atoms with E-state index in [9.17, 15) is 0 Å². The van der Waals surface area contributed by atoms with E-state index >= 15 is 0 Å². The monoisotopic (exact) mass is 255 g/mol. The van der Waals surface area contributed by atoms with Crippen molar-refractivity contribution in [1.82, 2.24) is 4.90 Å². The summed E-state index contributed by atoms with van der Waals surface area (Å²) >= 11 is 6.16. The molecule has 17 heavy (non-hydrogen) atoms. The summed E-state index contributed by atoms with van der Waals surface area (Å²) in [6, 6.07) is 6.01. The van der Waals surface area contributed by atoms with Gasteiger partial charge in [0, 0.05) is 19.6 Å². The normalized spacial score (nSPS) is 17.1. The van der Waals surface area contributed by atoms with Crippen LogP contribution in [0.5, 0.6) is 5.75 Å². The molecule has 0 atom stereocenters. The molecule has 0 aliphatic carbocycles. The molecule has 0 radical (unpaired) electrons. The van der Waals surface area contributed by atoms with E-state index in [4.69, 9.17) is 21.1 Å². The van der Waals surface area contributed by atoms with Crippen molar-refractivity contribution in [3.05, 3.63) is 28.8 Å². The largest absolute Gasteiger partial charge is 0.492 e. The zero-order valence-corrected chi connectivity index (χ0v) is 10.9. The fourth-order valence-corrected chi connectivity index (χ4v) is 2.19. The summed E-state index contributed by atoms with van der Waals surface area (Å²) in [4.78, 5) is 2.37. The molecule has 3 nitrogen and oxygen atoms in total. The predicted molar refractivity (Wildman–Crippen MR) is 68.7 cm³/mol. The molecular formula is C13H18ClNO2. The van der Waals surface area contributed by atoms with Crippen molar-refractivity contribution in [3.63, 3.8) is 0 Å². The minimum absolute atomic E-state index is 0.641. The first-order valence-electron chi connectivity index (χ1n) is 6.01. The lowest BCUT2D eigenvalue weighted by Crippen LogP contribution is -2.35. The maximum absolute atomic E-state index is 6.16. The third-order valence-electron chi connectivity index (χ3n) is 2.81. The molecule has 1 aromatic carbocycles. The number of nitrogens with zero attached hydrogens (tertiary/aromatic N) is 1. The molecule has 2 rings (SSSR count). The van der Waals surface area contributed by atoms with Gasteiger partial charge in [0.2, 0.25) is 0 Å². The molecule has 0 spiro atoms. The Bertz CT molecular complexity index is 364. The molecule has 0 bridgehead atoms. The average Bonchev–Trinajstić information content (AvgIpc) is 2.34. The standard InChI is InChI=1S/C13H18ClNO2/c1-2-17-13-4-3-11(9-12(13)14)10-15-5-7-16-8-6-15/h3-4,9H,2,5-8,10H2,1H3. The highest BCUT2D eigenvalue weighted by molar-refractivity contribution is 6.32. The number of halogens is 1. The Morgan fingerprint density at radius 2 is 2.12 bits per heavy atom. The van der Waals surface area contributed by atoms with Crippen LogP contribution in [0.25, 0.3) is 0 Å². The SMILES string of the molecule is CCOc1ccc(CN2CCOCC2)cc1Cl. The molecule has 94 valence electrons. The third-order valence-corrected chi connectivity index (χ3v) is 3.10. The molecule has 1 heterocycles. The maximum Gasteiger partial charge on any atom is 0.137 e. The lowest BCUT2D eigenvalue weighted by atomic mass is 10.2. The first kappa shape index (κ1) is 12.7. The second-order valence-electron chi connectivity index (χ2n) is 4.09. The number of hydrogen-bond donors (Lipinski definition) is 0. The van der Waals surface area contributed by atoms with Crippen molar-refractivity contribution >= 4 is 11.6 Å². The van der Waals surface area contributed by atoms with Crippen LogP contribution < -0.4 is 4.74 Å². The van der Waals surface area contributed by atoms with E-state index in [1.54, 1.807) is 0 Å². The third kappa shape index (κ3) is 3.60. The van der Waals surface area contributed by atoms with Crippen LogP contribution in [0.2, 0.25) is 5.02 Å². The van der Waals surface area contributed by atoms with Crippen molar-refractivity contribution in [2.24, 2.45) is 0 Å². The first-order chi connectivity index (χ1) is 8.29. The first-order valence-corrected chi connectivity index (χ1v) is 6.38. The Morgan fingerprint density at radius 1 is 1.35 bits per heavy atom. The average molecular weight is 256 g/mol. The molecular weight excluding hydrogens is 238 g/mol. The van der Waals surface area contributed by atoms with Crippen LogP contribution >= 0.6 is 11.6 Å². The molecule has 1 aliphatic rings. The highest BCUT2D eigenvalue weighted by Crippen LogP contribution is 2.26. The number of rotatable bonds is 4. The Morgan fingerprint density at radius 3 is 2.76 bits per heavy atom. The Labute approximate surface area is 107 Å². The fraction of sp³-hybridized carbons (Fsp3) is 0.538. The molecule has 0 N–H and O–H groups in total. The van der Waals surface area contributed by atoms with E-state index in [1.807, 2.05) is 19.1 Å². The minimum Gasteiger partial charge on any atom is -0.492 e. The van der Waals surface area contributed by atoms with Gasteiger partial charge in [0.1, 0.15) is 5.75 Å². The van der Waals surface area contributed by atoms with Crippen molar-refractivity contribution in [2.75, 3.05) is 32.9 Å². The molecule has 0 amide bonds. The van der Waals surface area contributed by atoms with Gasteiger partial charge in [-0.3, -0.25) is 4.90 Å². The van der Waals surface area contributed by atoms with E-state index in [1.165, 1.54) is 5.56 Å². The van der Waals surface area contributed by atoms with Crippen molar-refractivity contribution < 1.29 is 9.47 Å². The molecule has 1 fully saturated rings. The molecule has 1 aromatic rings. The van der Waals surface area contributed by atoms with Gasteiger partial charge in [0.25, 0.3) is 0 Å². The zero-order chi connectivity index (χ0) is 12.1. The second kappa shape index (κ2) is 6.24. The van der Waals surface area contributed by atoms with Gasteiger partial charge < -0.3 is 9.47 Å². The highest BCUT2D eigenvalue weighted by Gasteiger charge is 2.11. The summed E-state index contributed by atoms with van der Waals surface area (Å²) in [5.41, 5.74) is 1.22. The van der Waals surface area contributed by atoms with Gasteiger partial charge in [0.15, 0.2) is 0 Å². The van der Waals surface area contributed by atoms with Crippen molar-refractivity contribution in [2.45, 2.75) is 13.5 Å². The summed E-state index contributed by atoms with van der Waals surface area (Å²) < 4.78 is 10.7. The number of benzene rings is 1. The summed E-state index contributed by atoms with van der Waals surface area (Å²) in [6.45, 7) is 7.15. The zero-order valence-electron chi connectivity index (χ0n) is 10.1. The Hall–Kier alpha value is -0.770. The molecule has 0 unspecified atom stereocenters. The molecule has 0 saturated carbocycles.